The second-order valence-corrected chi connectivity index (χ2v) is 7.92. The molecule has 0 unspecified atom stereocenters. The largest absolute Gasteiger partial charge is 0.489 e. The van der Waals surface area contributed by atoms with E-state index in [9.17, 15) is 4.79 Å². The van der Waals surface area contributed by atoms with E-state index in [1.165, 1.54) is 0 Å². The third-order valence-corrected chi connectivity index (χ3v) is 5.20. The Morgan fingerprint density at radius 2 is 1.29 bits per heavy atom. The van der Waals surface area contributed by atoms with Crippen molar-refractivity contribution in [3.8, 4) is 11.5 Å². The summed E-state index contributed by atoms with van der Waals surface area (Å²) in [5.41, 5.74) is 5.99. The molecule has 0 saturated carbocycles. The highest BCUT2D eigenvalue weighted by atomic mass is 35.5. The molecule has 34 heavy (non-hydrogen) atoms. The first-order valence-corrected chi connectivity index (χ1v) is 11.1. The van der Waals surface area contributed by atoms with Gasteiger partial charge in [0.1, 0.15) is 24.7 Å². The maximum atomic E-state index is 12.3. The Kier molecular flexibility index (Phi) is 7.93. The van der Waals surface area contributed by atoms with E-state index < -0.39 is 0 Å². The van der Waals surface area contributed by atoms with Gasteiger partial charge in [-0.05, 0) is 77.4 Å². The zero-order chi connectivity index (χ0) is 23.6. The fraction of sp³-hybridized carbons (Fsp3) is 0.0714. The van der Waals surface area contributed by atoms with Crippen LogP contribution in [0, 0.1) is 0 Å². The average Bonchev–Trinajstić information content (AvgIpc) is 2.89. The highest BCUT2D eigenvalue weighted by molar-refractivity contribution is 6.30. The van der Waals surface area contributed by atoms with Gasteiger partial charge in [-0.2, -0.15) is 5.10 Å². The molecule has 0 aromatic heterocycles. The lowest BCUT2D eigenvalue weighted by Gasteiger charge is -2.07. The van der Waals surface area contributed by atoms with E-state index in [0.717, 1.165) is 22.4 Å². The van der Waals surface area contributed by atoms with Gasteiger partial charge in [0.2, 0.25) is 0 Å². The van der Waals surface area contributed by atoms with Crippen LogP contribution in [-0.2, 0) is 13.2 Å². The van der Waals surface area contributed by atoms with Crippen molar-refractivity contribution in [1.82, 2.24) is 5.43 Å². The zero-order valence-electron chi connectivity index (χ0n) is 18.4. The van der Waals surface area contributed by atoms with Crippen LogP contribution in [0.2, 0.25) is 5.02 Å². The summed E-state index contributed by atoms with van der Waals surface area (Å²) in [5, 5.41) is 4.74. The number of hydrogen-bond donors (Lipinski definition) is 1. The minimum absolute atomic E-state index is 0.297. The van der Waals surface area contributed by atoms with E-state index in [4.69, 9.17) is 21.1 Å². The number of hydrazone groups is 1. The molecule has 0 aliphatic carbocycles. The minimum atomic E-state index is -0.297. The number of carbonyl (C=O) groups excluding carboxylic acids is 1. The average molecular weight is 471 g/mol. The molecular formula is C28H23ClN2O3. The standard InChI is InChI=1S/C28H23ClN2O3/c29-25-12-6-23(7-13-25)20-34-26-14-8-21(9-15-26)18-30-31-28(32)24-10-16-27(17-11-24)33-19-22-4-2-1-3-5-22/h1-18H,19-20H2,(H,31,32). The lowest BCUT2D eigenvalue weighted by Crippen LogP contribution is -2.17. The molecule has 4 aromatic carbocycles. The summed E-state index contributed by atoms with van der Waals surface area (Å²) in [5.74, 6) is 1.14. The maximum absolute atomic E-state index is 12.3. The number of halogens is 1. The molecule has 4 rings (SSSR count). The van der Waals surface area contributed by atoms with Crippen LogP contribution < -0.4 is 14.9 Å². The van der Waals surface area contributed by atoms with E-state index >= 15 is 0 Å². The fourth-order valence-electron chi connectivity index (χ4n) is 3.07. The number of amides is 1. The first kappa shape index (κ1) is 23.1. The van der Waals surface area contributed by atoms with E-state index in [1.807, 2.05) is 78.9 Å². The monoisotopic (exact) mass is 470 g/mol. The molecule has 1 amide bonds. The van der Waals surface area contributed by atoms with Gasteiger partial charge in [-0.3, -0.25) is 4.79 Å². The van der Waals surface area contributed by atoms with Gasteiger partial charge in [-0.1, -0.05) is 54.1 Å². The molecule has 5 nitrogen and oxygen atoms in total. The van der Waals surface area contributed by atoms with Gasteiger partial charge < -0.3 is 9.47 Å². The predicted octanol–water partition coefficient (Wildman–Crippen LogP) is 6.26. The third-order valence-electron chi connectivity index (χ3n) is 4.94. The van der Waals surface area contributed by atoms with Crippen LogP contribution in [0.3, 0.4) is 0 Å². The molecular weight excluding hydrogens is 448 g/mol. The first-order valence-electron chi connectivity index (χ1n) is 10.7. The lowest BCUT2D eigenvalue weighted by molar-refractivity contribution is 0.0955. The van der Waals surface area contributed by atoms with Crippen molar-refractivity contribution in [3.05, 3.63) is 130 Å². The summed E-state index contributed by atoms with van der Waals surface area (Å²) in [6, 6.07) is 31.8. The highest BCUT2D eigenvalue weighted by Crippen LogP contribution is 2.16. The summed E-state index contributed by atoms with van der Waals surface area (Å²) in [6.07, 6.45) is 1.58. The summed E-state index contributed by atoms with van der Waals surface area (Å²) in [4.78, 5) is 12.3. The summed E-state index contributed by atoms with van der Waals surface area (Å²) < 4.78 is 11.5. The fourth-order valence-corrected chi connectivity index (χ4v) is 3.20. The van der Waals surface area contributed by atoms with E-state index in [1.54, 1.807) is 30.5 Å². The van der Waals surface area contributed by atoms with E-state index in [0.29, 0.717) is 29.5 Å². The van der Waals surface area contributed by atoms with Crippen molar-refractivity contribution >= 4 is 23.7 Å². The second-order valence-electron chi connectivity index (χ2n) is 7.48. The van der Waals surface area contributed by atoms with Crippen molar-refractivity contribution < 1.29 is 14.3 Å². The van der Waals surface area contributed by atoms with Crippen LogP contribution in [0.15, 0.2) is 108 Å². The summed E-state index contributed by atoms with van der Waals surface area (Å²) >= 11 is 5.89. The smallest absolute Gasteiger partial charge is 0.271 e. The van der Waals surface area contributed by atoms with Crippen molar-refractivity contribution in [2.24, 2.45) is 5.10 Å². The Bertz CT molecular complexity index is 1220. The van der Waals surface area contributed by atoms with Gasteiger partial charge >= 0.3 is 0 Å². The molecule has 0 fully saturated rings. The molecule has 0 heterocycles. The molecule has 0 aliphatic rings. The van der Waals surface area contributed by atoms with Crippen LogP contribution >= 0.6 is 11.6 Å². The number of rotatable bonds is 9. The van der Waals surface area contributed by atoms with Gasteiger partial charge in [-0.25, -0.2) is 5.43 Å². The molecule has 0 spiro atoms. The van der Waals surface area contributed by atoms with Crippen molar-refractivity contribution in [2.75, 3.05) is 0 Å². The Morgan fingerprint density at radius 3 is 1.91 bits per heavy atom. The number of hydrogen-bond acceptors (Lipinski definition) is 4. The molecule has 0 saturated heterocycles. The number of carbonyl (C=O) groups is 1. The van der Waals surface area contributed by atoms with Crippen LogP contribution in [0.4, 0.5) is 0 Å². The molecule has 6 heteroatoms. The number of benzene rings is 4. The summed E-state index contributed by atoms with van der Waals surface area (Å²) in [7, 11) is 0. The minimum Gasteiger partial charge on any atom is -0.489 e. The van der Waals surface area contributed by atoms with Crippen molar-refractivity contribution in [3.63, 3.8) is 0 Å². The number of nitrogens with zero attached hydrogens (tertiary/aromatic N) is 1. The molecule has 0 atom stereocenters. The maximum Gasteiger partial charge on any atom is 0.271 e. The van der Waals surface area contributed by atoms with E-state index in [-0.39, 0.29) is 5.91 Å². The molecule has 0 bridgehead atoms. The molecule has 1 N–H and O–H groups in total. The Hall–Kier alpha value is -4.09. The van der Waals surface area contributed by atoms with Gasteiger partial charge in [0.25, 0.3) is 5.91 Å². The van der Waals surface area contributed by atoms with Crippen LogP contribution in [0.1, 0.15) is 27.0 Å². The van der Waals surface area contributed by atoms with Crippen LogP contribution in [0.25, 0.3) is 0 Å². The number of ether oxygens (including phenoxy) is 2. The molecule has 4 aromatic rings. The first-order chi connectivity index (χ1) is 16.7. The van der Waals surface area contributed by atoms with Gasteiger partial charge in [-0.15, -0.1) is 0 Å². The third kappa shape index (κ3) is 6.95. The van der Waals surface area contributed by atoms with Gasteiger partial charge in [0.15, 0.2) is 0 Å². The normalized spacial score (nSPS) is 10.7. The van der Waals surface area contributed by atoms with E-state index in [2.05, 4.69) is 10.5 Å². The SMILES string of the molecule is O=C(NN=Cc1ccc(OCc2ccc(Cl)cc2)cc1)c1ccc(OCc2ccccc2)cc1. The van der Waals surface area contributed by atoms with Crippen LogP contribution in [-0.4, -0.2) is 12.1 Å². The lowest BCUT2D eigenvalue weighted by atomic mass is 10.2. The van der Waals surface area contributed by atoms with Gasteiger partial charge in [0, 0.05) is 10.6 Å². The summed E-state index contributed by atoms with van der Waals surface area (Å²) in [6.45, 7) is 0.929. The van der Waals surface area contributed by atoms with Crippen molar-refractivity contribution in [2.45, 2.75) is 13.2 Å². The van der Waals surface area contributed by atoms with Gasteiger partial charge in [0.05, 0.1) is 6.21 Å². The molecule has 0 aliphatic heterocycles. The molecule has 0 radical (unpaired) electrons. The number of nitrogens with one attached hydrogen (secondary N) is 1. The zero-order valence-corrected chi connectivity index (χ0v) is 19.1. The topological polar surface area (TPSA) is 59.9 Å². The molecule has 170 valence electrons. The predicted molar refractivity (Wildman–Crippen MR) is 135 cm³/mol. The van der Waals surface area contributed by atoms with Crippen molar-refractivity contribution in [1.29, 1.82) is 0 Å². The Morgan fingerprint density at radius 1 is 0.735 bits per heavy atom. The Labute approximate surface area is 203 Å². The second kappa shape index (κ2) is 11.7. The Balaban J connectivity index is 1.23. The highest BCUT2D eigenvalue weighted by Gasteiger charge is 2.05. The van der Waals surface area contributed by atoms with Crippen LogP contribution in [0.5, 0.6) is 11.5 Å². The quantitative estimate of drug-likeness (QED) is 0.232.